The Kier molecular flexibility index (Phi) is 3.80. The van der Waals surface area contributed by atoms with Crippen molar-refractivity contribution in [3.63, 3.8) is 0 Å². The Bertz CT molecular complexity index is 327. The van der Waals surface area contributed by atoms with Crippen molar-refractivity contribution in [2.45, 2.75) is 18.8 Å². The fourth-order valence-electron chi connectivity index (χ4n) is 1.47. The van der Waals surface area contributed by atoms with Gasteiger partial charge in [-0.2, -0.15) is 0 Å². The Morgan fingerprint density at radius 1 is 1.53 bits per heavy atom. The van der Waals surface area contributed by atoms with E-state index >= 15 is 0 Å². The van der Waals surface area contributed by atoms with Crippen LogP contribution in [0.2, 0.25) is 0 Å². The standard InChI is InChI=1S/C11H16N2O2/c1-11(10(14)15,5-8-12-2)9-3-6-13-7-4-9/h3-4,6-7,12H,5,8H2,1-2H3,(H,14,15). The Hall–Kier alpha value is -1.42. The van der Waals surface area contributed by atoms with Crippen LogP contribution in [0.1, 0.15) is 18.9 Å². The zero-order valence-electron chi connectivity index (χ0n) is 9.03. The van der Waals surface area contributed by atoms with E-state index in [4.69, 9.17) is 0 Å². The Labute approximate surface area is 89.3 Å². The molecule has 1 aromatic heterocycles. The van der Waals surface area contributed by atoms with Gasteiger partial charge >= 0.3 is 5.97 Å². The maximum atomic E-state index is 11.3. The number of carboxylic acids is 1. The van der Waals surface area contributed by atoms with E-state index in [2.05, 4.69) is 10.3 Å². The first kappa shape index (κ1) is 11.7. The summed E-state index contributed by atoms with van der Waals surface area (Å²) in [4.78, 5) is 15.2. The van der Waals surface area contributed by atoms with Crippen LogP contribution in [0.15, 0.2) is 24.5 Å². The number of aliphatic carboxylic acids is 1. The molecule has 4 nitrogen and oxygen atoms in total. The molecule has 15 heavy (non-hydrogen) atoms. The van der Waals surface area contributed by atoms with E-state index in [-0.39, 0.29) is 0 Å². The minimum Gasteiger partial charge on any atom is -0.481 e. The average Bonchev–Trinajstić information content (AvgIpc) is 2.27. The van der Waals surface area contributed by atoms with Gasteiger partial charge in [0.15, 0.2) is 0 Å². The van der Waals surface area contributed by atoms with Gasteiger partial charge in [-0.15, -0.1) is 0 Å². The molecule has 1 unspecified atom stereocenters. The summed E-state index contributed by atoms with van der Waals surface area (Å²) in [6.07, 6.45) is 3.80. The van der Waals surface area contributed by atoms with E-state index in [1.165, 1.54) is 0 Å². The third-order valence-electron chi connectivity index (χ3n) is 2.66. The van der Waals surface area contributed by atoms with Crippen LogP contribution in [-0.2, 0) is 10.2 Å². The van der Waals surface area contributed by atoms with Crippen LogP contribution < -0.4 is 5.32 Å². The summed E-state index contributed by atoms with van der Waals surface area (Å²) in [6.45, 7) is 2.41. The molecule has 0 aliphatic heterocycles. The van der Waals surface area contributed by atoms with Crippen molar-refractivity contribution in [2.24, 2.45) is 0 Å². The van der Waals surface area contributed by atoms with Gasteiger partial charge < -0.3 is 10.4 Å². The lowest BCUT2D eigenvalue weighted by atomic mass is 9.80. The van der Waals surface area contributed by atoms with Crippen LogP contribution in [0.25, 0.3) is 0 Å². The smallest absolute Gasteiger partial charge is 0.313 e. The van der Waals surface area contributed by atoms with E-state index in [1.54, 1.807) is 31.5 Å². The number of hydrogen-bond donors (Lipinski definition) is 2. The van der Waals surface area contributed by atoms with Gasteiger partial charge in [-0.05, 0) is 44.6 Å². The Morgan fingerprint density at radius 3 is 2.60 bits per heavy atom. The van der Waals surface area contributed by atoms with E-state index in [0.717, 1.165) is 5.56 Å². The second-order valence-corrected chi connectivity index (χ2v) is 3.73. The lowest BCUT2D eigenvalue weighted by Crippen LogP contribution is -2.35. The van der Waals surface area contributed by atoms with Crippen LogP contribution in [0.4, 0.5) is 0 Å². The molecule has 0 aromatic carbocycles. The summed E-state index contributed by atoms with van der Waals surface area (Å²) in [6, 6.07) is 3.51. The number of carboxylic acid groups (broad SMARTS) is 1. The van der Waals surface area contributed by atoms with Gasteiger partial charge in [0.1, 0.15) is 0 Å². The fraction of sp³-hybridized carbons (Fsp3) is 0.455. The zero-order chi connectivity index (χ0) is 11.3. The van der Waals surface area contributed by atoms with Crippen molar-refractivity contribution in [3.05, 3.63) is 30.1 Å². The quantitative estimate of drug-likeness (QED) is 0.758. The normalized spacial score (nSPS) is 14.5. The zero-order valence-corrected chi connectivity index (χ0v) is 9.03. The first-order chi connectivity index (χ1) is 7.11. The molecule has 0 radical (unpaired) electrons. The SMILES string of the molecule is CNCCC(C)(C(=O)O)c1ccncc1. The third-order valence-corrected chi connectivity index (χ3v) is 2.66. The van der Waals surface area contributed by atoms with Crippen LogP contribution in [-0.4, -0.2) is 29.7 Å². The first-order valence-electron chi connectivity index (χ1n) is 4.90. The number of carbonyl (C=O) groups is 1. The van der Waals surface area contributed by atoms with Crippen molar-refractivity contribution < 1.29 is 9.90 Å². The highest BCUT2D eigenvalue weighted by Crippen LogP contribution is 2.26. The van der Waals surface area contributed by atoms with Gasteiger partial charge in [0.25, 0.3) is 0 Å². The van der Waals surface area contributed by atoms with Crippen LogP contribution >= 0.6 is 0 Å². The molecule has 0 fully saturated rings. The second kappa shape index (κ2) is 4.89. The summed E-state index contributed by atoms with van der Waals surface area (Å²) in [5, 5.41) is 12.2. The molecule has 0 saturated heterocycles. The Balaban J connectivity index is 2.96. The van der Waals surface area contributed by atoms with E-state index < -0.39 is 11.4 Å². The molecule has 0 amide bonds. The maximum Gasteiger partial charge on any atom is 0.313 e. The van der Waals surface area contributed by atoms with E-state index in [9.17, 15) is 9.90 Å². The Morgan fingerprint density at radius 2 is 2.13 bits per heavy atom. The molecule has 0 spiro atoms. The predicted molar refractivity (Wildman–Crippen MR) is 57.8 cm³/mol. The molecule has 1 heterocycles. The predicted octanol–water partition coefficient (Wildman–Crippen LogP) is 1.03. The van der Waals surface area contributed by atoms with Crippen molar-refractivity contribution in [1.29, 1.82) is 0 Å². The van der Waals surface area contributed by atoms with E-state index in [1.807, 2.05) is 7.05 Å². The van der Waals surface area contributed by atoms with Gasteiger partial charge in [-0.1, -0.05) is 0 Å². The average molecular weight is 208 g/mol. The molecular weight excluding hydrogens is 192 g/mol. The van der Waals surface area contributed by atoms with Gasteiger partial charge in [0, 0.05) is 12.4 Å². The maximum absolute atomic E-state index is 11.3. The minimum atomic E-state index is -0.841. The number of nitrogens with zero attached hydrogens (tertiary/aromatic N) is 1. The fourth-order valence-corrected chi connectivity index (χ4v) is 1.47. The highest BCUT2D eigenvalue weighted by molar-refractivity contribution is 5.80. The molecule has 0 aliphatic rings. The molecule has 1 atom stereocenters. The van der Waals surface area contributed by atoms with Crippen molar-refractivity contribution in [2.75, 3.05) is 13.6 Å². The van der Waals surface area contributed by atoms with E-state index in [0.29, 0.717) is 13.0 Å². The molecule has 1 rings (SSSR count). The summed E-state index contributed by atoms with van der Waals surface area (Å²) in [5.41, 5.74) is -0.0494. The molecule has 2 N–H and O–H groups in total. The molecule has 1 aromatic rings. The van der Waals surface area contributed by atoms with Crippen LogP contribution in [0, 0.1) is 0 Å². The van der Waals surface area contributed by atoms with Gasteiger partial charge in [0.2, 0.25) is 0 Å². The topological polar surface area (TPSA) is 62.2 Å². The van der Waals surface area contributed by atoms with Gasteiger partial charge in [0.05, 0.1) is 5.41 Å². The van der Waals surface area contributed by atoms with Crippen molar-refractivity contribution in [3.8, 4) is 0 Å². The van der Waals surface area contributed by atoms with Gasteiger partial charge in [-0.3, -0.25) is 9.78 Å². The number of hydrogen-bond acceptors (Lipinski definition) is 3. The molecular formula is C11H16N2O2. The lowest BCUT2D eigenvalue weighted by Gasteiger charge is -2.24. The van der Waals surface area contributed by atoms with Gasteiger partial charge in [-0.25, -0.2) is 0 Å². The number of nitrogens with one attached hydrogen (secondary N) is 1. The number of aromatic nitrogens is 1. The molecule has 0 saturated carbocycles. The molecule has 0 aliphatic carbocycles. The lowest BCUT2D eigenvalue weighted by molar-refractivity contribution is -0.143. The summed E-state index contributed by atoms with van der Waals surface area (Å²) in [5.74, 6) is -0.802. The monoisotopic (exact) mass is 208 g/mol. The molecule has 82 valence electrons. The van der Waals surface area contributed by atoms with Crippen LogP contribution in [0.5, 0.6) is 0 Å². The second-order valence-electron chi connectivity index (χ2n) is 3.73. The summed E-state index contributed by atoms with van der Waals surface area (Å²) >= 11 is 0. The molecule has 0 bridgehead atoms. The highest BCUT2D eigenvalue weighted by Gasteiger charge is 2.34. The highest BCUT2D eigenvalue weighted by atomic mass is 16.4. The minimum absolute atomic E-state index is 0.558. The van der Waals surface area contributed by atoms with Crippen molar-refractivity contribution >= 4 is 5.97 Å². The van der Waals surface area contributed by atoms with Crippen LogP contribution in [0.3, 0.4) is 0 Å². The largest absolute Gasteiger partial charge is 0.481 e. The summed E-state index contributed by atoms with van der Waals surface area (Å²) < 4.78 is 0. The number of rotatable bonds is 5. The summed E-state index contributed by atoms with van der Waals surface area (Å²) in [7, 11) is 1.81. The first-order valence-corrected chi connectivity index (χ1v) is 4.90. The van der Waals surface area contributed by atoms with Crippen molar-refractivity contribution in [1.82, 2.24) is 10.3 Å². The number of pyridine rings is 1. The third kappa shape index (κ3) is 2.53. The molecule has 4 heteroatoms.